The number of carbonyl (C=O) groups excluding carboxylic acids is 2. The number of ether oxygens (including phenoxy) is 2. The number of allylic oxidation sites excluding steroid dienone is 2. The Morgan fingerprint density at radius 1 is 0.508 bits per heavy atom. The van der Waals surface area contributed by atoms with Gasteiger partial charge in [0.15, 0.2) is 6.10 Å². The van der Waals surface area contributed by atoms with Crippen molar-refractivity contribution in [3.8, 4) is 0 Å². The van der Waals surface area contributed by atoms with Crippen molar-refractivity contribution in [1.82, 2.24) is 0 Å². The fourth-order valence-corrected chi connectivity index (χ4v) is 8.26. The Labute approximate surface area is 356 Å². The van der Waals surface area contributed by atoms with Gasteiger partial charge in [-0.25, -0.2) is 4.57 Å². The first-order chi connectivity index (χ1) is 28.4. The molecule has 348 valence electrons. The molecule has 6 N–H and O–H groups in total. The highest BCUT2D eigenvalue weighted by Gasteiger charge is 2.51. The molecule has 59 heavy (non-hydrogen) atoms. The topological polar surface area (TPSA) is 210 Å². The maximum Gasteiger partial charge on any atom is 0.472 e. The zero-order valence-electron chi connectivity index (χ0n) is 36.8. The maximum atomic E-state index is 12.8. The smallest absolute Gasteiger partial charge is 0.462 e. The summed E-state index contributed by atoms with van der Waals surface area (Å²) in [4.78, 5) is 35.7. The van der Waals surface area contributed by atoms with E-state index >= 15 is 0 Å². The van der Waals surface area contributed by atoms with Gasteiger partial charge in [0.2, 0.25) is 0 Å². The molecule has 0 aromatic carbocycles. The van der Waals surface area contributed by atoms with E-state index in [0.29, 0.717) is 12.8 Å². The van der Waals surface area contributed by atoms with Crippen LogP contribution in [-0.2, 0) is 32.7 Å². The first kappa shape index (κ1) is 55.6. The van der Waals surface area contributed by atoms with Crippen LogP contribution in [0.2, 0.25) is 0 Å². The largest absolute Gasteiger partial charge is 0.472 e. The van der Waals surface area contributed by atoms with E-state index in [4.69, 9.17) is 18.5 Å². The monoisotopic (exact) mass is 865 g/mol. The third-order valence-electron chi connectivity index (χ3n) is 11.1. The van der Waals surface area contributed by atoms with Gasteiger partial charge in [0.05, 0.1) is 6.61 Å². The Morgan fingerprint density at radius 3 is 1.29 bits per heavy atom. The molecule has 1 saturated carbocycles. The number of aliphatic hydroxyl groups excluding tert-OH is 5. The minimum Gasteiger partial charge on any atom is -0.462 e. The average molecular weight is 865 g/mol. The van der Waals surface area contributed by atoms with Crippen LogP contribution in [0, 0.1) is 0 Å². The van der Waals surface area contributed by atoms with Crippen LogP contribution in [0.1, 0.15) is 206 Å². The first-order valence-electron chi connectivity index (χ1n) is 23.5. The van der Waals surface area contributed by atoms with E-state index < -0.39 is 75.7 Å². The molecule has 0 saturated heterocycles. The summed E-state index contributed by atoms with van der Waals surface area (Å²) < 4.78 is 33.5. The highest BCUT2D eigenvalue weighted by atomic mass is 31.2. The lowest BCUT2D eigenvalue weighted by molar-refractivity contribution is -0.220. The molecule has 1 rings (SSSR count). The molecule has 0 aromatic rings. The minimum atomic E-state index is -5.11. The fraction of sp³-hybridized carbons (Fsp3) is 0.911. The van der Waals surface area contributed by atoms with Gasteiger partial charge in [0.25, 0.3) is 0 Å². The number of unbranched alkanes of at least 4 members (excludes halogenated alkanes) is 25. The van der Waals surface area contributed by atoms with E-state index in [1.54, 1.807) is 0 Å². The molecular formula is C45H85O13P. The van der Waals surface area contributed by atoms with Gasteiger partial charge < -0.3 is 39.9 Å². The molecular weight excluding hydrogens is 779 g/mol. The van der Waals surface area contributed by atoms with Gasteiger partial charge in [0.1, 0.15) is 43.2 Å². The minimum absolute atomic E-state index is 0.0909. The van der Waals surface area contributed by atoms with Gasteiger partial charge in [-0.2, -0.15) is 0 Å². The van der Waals surface area contributed by atoms with E-state index in [-0.39, 0.29) is 12.8 Å². The van der Waals surface area contributed by atoms with Gasteiger partial charge in [0, 0.05) is 12.8 Å². The summed E-state index contributed by atoms with van der Waals surface area (Å²) >= 11 is 0. The number of carbonyl (C=O) groups is 2. The average Bonchev–Trinajstić information content (AvgIpc) is 3.21. The number of rotatable bonds is 39. The van der Waals surface area contributed by atoms with E-state index in [2.05, 4.69) is 26.0 Å². The predicted octanol–water partition coefficient (Wildman–Crippen LogP) is 9.06. The molecule has 0 amide bonds. The number of aliphatic hydroxyl groups is 5. The summed E-state index contributed by atoms with van der Waals surface area (Å²) in [6, 6.07) is 0. The van der Waals surface area contributed by atoms with E-state index in [1.165, 1.54) is 109 Å². The van der Waals surface area contributed by atoms with Crippen LogP contribution in [0.25, 0.3) is 0 Å². The molecule has 1 fully saturated rings. The third kappa shape index (κ3) is 28.7. The van der Waals surface area contributed by atoms with Crippen LogP contribution in [0.15, 0.2) is 12.2 Å². The molecule has 13 nitrogen and oxygen atoms in total. The van der Waals surface area contributed by atoms with Crippen LogP contribution in [0.4, 0.5) is 0 Å². The van der Waals surface area contributed by atoms with Crippen molar-refractivity contribution in [2.45, 2.75) is 249 Å². The highest BCUT2D eigenvalue weighted by Crippen LogP contribution is 2.47. The van der Waals surface area contributed by atoms with Crippen molar-refractivity contribution < 1.29 is 63.1 Å². The normalized spacial score (nSPS) is 22.4. The van der Waals surface area contributed by atoms with Crippen LogP contribution in [-0.4, -0.2) is 98.3 Å². The lowest BCUT2D eigenvalue weighted by atomic mass is 9.85. The van der Waals surface area contributed by atoms with Gasteiger partial charge in [-0.1, -0.05) is 167 Å². The summed E-state index contributed by atoms with van der Waals surface area (Å²) in [6.45, 7) is 3.30. The molecule has 1 aliphatic rings. The van der Waals surface area contributed by atoms with Crippen molar-refractivity contribution in [3.63, 3.8) is 0 Å². The van der Waals surface area contributed by atoms with Crippen molar-refractivity contribution in [2.75, 3.05) is 13.2 Å². The Morgan fingerprint density at radius 2 is 0.864 bits per heavy atom. The zero-order chi connectivity index (χ0) is 43.6. The van der Waals surface area contributed by atoms with Crippen molar-refractivity contribution in [1.29, 1.82) is 0 Å². The molecule has 14 heteroatoms. The summed E-state index contributed by atoms with van der Waals surface area (Å²) in [5, 5.41) is 50.1. The van der Waals surface area contributed by atoms with Crippen LogP contribution in [0.3, 0.4) is 0 Å². The number of esters is 2. The van der Waals surface area contributed by atoms with Gasteiger partial charge in [-0.05, 0) is 38.5 Å². The van der Waals surface area contributed by atoms with Crippen LogP contribution >= 0.6 is 7.82 Å². The highest BCUT2D eigenvalue weighted by molar-refractivity contribution is 7.47. The number of phosphoric ester groups is 1. The van der Waals surface area contributed by atoms with Crippen LogP contribution in [0.5, 0.6) is 0 Å². The van der Waals surface area contributed by atoms with E-state index in [1.807, 2.05) is 0 Å². The number of hydrogen-bond acceptors (Lipinski definition) is 12. The lowest BCUT2D eigenvalue weighted by Crippen LogP contribution is -2.64. The van der Waals surface area contributed by atoms with Gasteiger partial charge in [-0.3, -0.25) is 18.6 Å². The molecule has 0 radical (unpaired) electrons. The Kier molecular flexibility index (Phi) is 34.0. The molecule has 8 atom stereocenters. The van der Waals surface area contributed by atoms with Crippen molar-refractivity contribution in [3.05, 3.63) is 12.2 Å². The number of phosphoric acid groups is 1. The molecule has 0 heterocycles. The standard InChI is InChI=1S/C45H85O13P/c1-3-5-7-9-11-13-15-17-19-21-23-25-27-29-31-33-38(46)55-35-37(36-56-59(53,54)58-45-43(51)41(49)40(48)42(50)44(45)52)57-39(47)34-32-30-28-26-24-22-20-18-16-14-12-10-8-6-4-2/h18,20,37,40-45,48-52H,3-17,19,21-36H2,1-2H3,(H,53,54)/b20-18-/t37-,40?,41-,42?,43?,44?,45?/m1/s1. The second kappa shape index (κ2) is 36.1. The maximum absolute atomic E-state index is 12.8. The lowest BCUT2D eigenvalue weighted by Gasteiger charge is -2.41. The second-order valence-electron chi connectivity index (χ2n) is 16.6. The van der Waals surface area contributed by atoms with Crippen molar-refractivity contribution >= 4 is 19.8 Å². The molecule has 1 aliphatic carbocycles. The summed E-state index contributed by atoms with van der Waals surface area (Å²) in [5.41, 5.74) is 0. The molecule has 6 unspecified atom stereocenters. The van der Waals surface area contributed by atoms with Gasteiger partial charge in [-0.15, -0.1) is 0 Å². The van der Waals surface area contributed by atoms with Crippen LogP contribution < -0.4 is 0 Å². The molecule has 0 aliphatic heterocycles. The summed E-state index contributed by atoms with van der Waals surface area (Å²) in [6.07, 6.45) is 24.1. The zero-order valence-corrected chi connectivity index (χ0v) is 37.7. The molecule has 0 spiro atoms. The molecule has 0 bridgehead atoms. The number of hydrogen-bond donors (Lipinski definition) is 6. The Balaban J connectivity index is 2.45. The van der Waals surface area contributed by atoms with Crippen molar-refractivity contribution in [2.24, 2.45) is 0 Å². The van der Waals surface area contributed by atoms with Gasteiger partial charge >= 0.3 is 19.8 Å². The van der Waals surface area contributed by atoms with E-state index in [9.17, 15) is 44.6 Å². The summed E-state index contributed by atoms with van der Waals surface area (Å²) in [7, 11) is -5.11. The fourth-order valence-electron chi connectivity index (χ4n) is 7.28. The Bertz CT molecular complexity index is 1090. The summed E-state index contributed by atoms with van der Waals surface area (Å²) in [5.74, 6) is -1.10. The predicted molar refractivity (Wildman–Crippen MR) is 231 cm³/mol. The third-order valence-corrected chi connectivity index (χ3v) is 12.1. The second-order valence-corrected chi connectivity index (χ2v) is 18.0. The SMILES string of the molecule is CCCCCCCC/C=C\CCCCCCCC(=O)O[C@H](COC(=O)CCCCCCCCCCCCCCCCC)COP(=O)(O)OC1C(O)C(O)C(O)[C@@H](O)C1O. The Hall–Kier alpha value is -1.41. The first-order valence-corrected chi connectivity index (χ1v) is 25.0. The quantitative estimate of drug-likeness (QED) is 0.0148. The molecule has 0 aromatic heterocycles. The van der Waals surface area contributed by atoms with E-state index in [0.717, 1.165) is 57.8 Å².